The lowest BCUT2D eigenvalue weighted by Crippen LogP contribution is -2.34. The van der Waals surface area contributed by atoms with Crippen LogP contribution in [0, 0.1) is 3.77 Å². The van der Waals surface area contributed by atoms with Crippen molar-refractivity contribution in [3.05, 3.63) is 63.1 Å². The number of amides is 1. The molecule has 0 spiro atoms. The number of rotatable bonds is 4. The fourth-order valence-corrected chi connectivity index (χ4v) is 3.86. The van der Waals surface area contributed by atoms with Crippen LogP contribution in [0.1, 0.15) is 42.2 Å². The highest BCUT2D eigenvalue weighted by Crippen LogP contribution is 2.41. The molecule has 0 radical (unpaired) electrons. The summed E-state index contributed by atoms with van der Waals surface area (Å²) in [7, 11) is 0. The molecule has 1 unspecified atom stereocenters. The molecule has 1 aromatic heterocycles. The maximum Gasteiger partial charge on any atom is 0.247 e. The number of fused-ring (bicyclic) bond motifs is 1. The van der Waals surface area contributed by atoms with Gasteiger partial charge in [-0.2, -0.15) is 0 Å². The zero-order valence-electron chi connectivity index (χ0n) is 12.7. The van der Waals surface area contributed by atoms with E-state index in [1.165, 1.54) is 11.1 Å². The highest BCUT2D eigenvalue weighted by molar-refractivity contribution is 14.1. The second-order valence-electron chi connectivity index (χ2n) is 6.21. The maximum absolute atomic E-state index is 12.8. The summed E-state index contributed by atoms with van der Waals surface area (Å²) in [5, 5.41) is 0. The molecule has 1 aromatic carbocycles. The molecule has 0 bridgehead atoms. The summed E-state index contributed by atoms with van der Waals surface area (Å²) in [5.41, 5.74) is 2.72. The van der Waals surface area contributed by atoms with E-state index in [1.54, 1.807) is 12.2 Å². The Bertz CT molecular complexity index is 760. The molecule has 0 N–H and O–H groups in total. The van der Waals surface area contributed by atoms with Crippen molar-refractivity contribution in [2.24, 2.45) is 0 Å². The van der Waals surface area contributed by atoms with E-state index in [0.29, 0.717) is 6.04 Å². The number of hydrogen-bond acceptors (Lipinski definition) is 2. The first-order valence-corrected chi connectivity index (χ1v) is 9.14. The smallest absolute Gasteiger partial charge is 0.247 e. The standard InChI is InChI=1S/C19H18INO2/c20-18-11-8-15(23-18)9-12-19(22)21(14-6-7-14)17-10-5-13-3-1-2-4-16(13)17/h1-4,8-9,11-12,14,17H,5-7,10H2. The number of furan rings is 1. The van der Waals surface area contributed by atoms with Crippen molar-refractivity contribution in [2.45, 2.75) is 37.8 Å². The molecule has 2 aliphatic rings. The summed E-state index contributed by atoms with van der Waals surface area (Å²) < 4.78 is 6.33. The Labute approximate surface area is 149 Å². The number of nitrogens with zero attached hydrogens (tertiary/aromatic N) is 1. The van der Waals surface area contributed by atoms with Gasteiger partial charge in [0.1, 0.15) is 5.76 Å². The fourth-order valence-electron chi connectivity index (χ4n) is 3.42. The van der Waals surface area contributed by atoms with Gasteiger partial charge in [0.15, 0.2) is 3.77 Å². The summed E-state index contributed by atoms with van der Waals surface area (Å²) in [6.45, 7) is 0. The van der Waals surface area contributed by atoms with Gasteiger partial charge in [0.2, 0.25) is 5.91 Å². The van der Waals surface area contributed by atoms with Gasteiger partial charge in [0.05, 0.1) is 6.04 Å². The molecule has 0 aliphatic heterocycles. The van der Waals surface area contributed by atoms with E-state index in [2.05, 4.69) is 51.8 Å². The van der Waals surface area contributed by atoms with E-state index in [-0.39, 0.29) is 11.9 Å². The van der Waals surface area contributed by atoms with Crippen LogP contribution in [0.4, 0.5) is 0 Å². The first-order valence-electron chi connectivity index (χ1n) is 8.06. The third-order valence-corrected chi connectivity index (χ3v) is 5.20. The normalized spacial score (nSPS) is 20.0. The van der Waals surface area contributed by atoms with Crippen molar-refractivity contribution in [3.8, 4) is 0 Å². The van der Waals surface area contributed by atoms with E-state index >= 15 is 0 Å². The quantitative estimate of drug-likeness (QED) is 0.537. The van der Waals surface area contributed by atoms with E-state index in [0.717, 1.165) is 35.2 Å². The van der Waals surface area contributed by atoms with Gasteiger partial charge in [-0.1, -0.05) is 24.3 Å². The van der Waals surface area contributed by atoms with E-state index in [1.807, 2.05) is 12.1 Å². The number of hydrogen-bond donors (Lipinski definition) is 0. The molecule has 1 atom stereocenters. The number of halogens is 1. The predicted octanol–water partition coefficient (Wildman–Crippen LogP) is 4.58. The van der Waals surface area contributed by atoms with E-state index < -0.39 is 0 Å². The Hall–Kier alpha value is -1.56. The minimum absolute atomic E-state index is 0.0978. The predicted molar refractivity (Wildman–Crippen MR) is 97.8 cm³/mol. The molecule has 1 fully saturated rings. The average molecular weight is 419 g/mol. The van der Waals surface area contributed by atoms with Crippen molar-refractivity contribution in [3.63, 3.8) is 0 Å². The van der Waals surface area contributed by atoms with Crippen LogP contribution in [0.5, 0.6) is 0 Å². The van der Waals surface area contributed by atoms with Crippen molar-refractivity contribution >= 4 is 34.6 Å². The number of aryl methyl sites for hydroxylation is 1. The number of benzene rings is 1. The van der Waals surface area contributed by atoms with Gasteiger partial charge < -0.3 is 9.32 Å². The number of carbonyl (C=O) groups is 1. The van der Waals surface area contributed by atoms with Crippen LogP contribution in [0.25, 0.3) is 6.08 Å². The van der Waals surface area contributed by atoms with Crippen LogP contribution in [0.2, 0.25) is 0 Å². The Morgan fingerprint density at radius 1 is 1.17 bits per heavy atom. The average Bonchev–Trinajstić information content (AvgIpc) is 3.16. The second kappa shape index (κ2) is 6.15. The van der Waals surface area contributed by atoms with Crippen LogP contribution < -0.4 is 0 Å². The van der Waals surface area contributed by atoms with Crippen LogP contribution in [0.3, 0.4) is 0 Å². The zero-order valence-corrected chi connectivity index (χ0v) is 14.9. The van der Waals surface area contributed by atoms with Crippen LogP contribution >= 0.6 is 22.6 Å². The van der Waals surface area contributed by atoms with Crippen molar-refractivity contribution in [2.75, 3.05) is 0 Å². The molecular formula is C19H18INO2. The van der Waals surface area contributed by atoms with Crippen molar-refractivity contribution in [1.82, 2.24) is 4.90 Å². The largest absolute Gasteiger partial charge is 0.451 e. The van der Waals surface area contributed by atoms with Crippen LogP contribution in [-0.2, 0) is 11.2 Å². The maximum atomic E-state index is 12.8. The molecule has 4 rings (SSSR count). The van der Waals surface area contributed by atoms with Gasteiger partial charge in [-0.25, -0.2) is 0 Å². The van der Waals surface area contributed by atoms with Gasteiger partial charge in [0.25, 0.3) is 0 Å². The molecular weight excluding hydrogens is 401 g/mol. The summed E-state index contributed by atoms with van der Waals surface area (Å²) >= 11 is 2.13. The molecule has 1 heterocycles. The summed E-state index contributed by atoms with van der Waals surface area (Å²) in [6.07, 6.45) is 7.79. The Kier molecular flexibility index (Phi) is 4.01. The molecule has 1 saturated carbocycles. The lowest BCUT2D eigenvalue weighted by atomic mass is 10.1. The van der Waals surface area contributed by atoms with Gasteiger partial charge in [-0.3, -0.25) is 4.79 Å². The fraction of sp³-hybridized carbons (Fsp3) is 0.316. The Morgan fingerprint density at radius 3 is 2.74 bits per heavy atom. The SMILES string of the molecule is O=C(C=Cc1ccc(I)o1)N(C1CC1)C1CCc2ccccc21. The molecule has 0 saturated heterocycles. The lowest BCUT2D eigenvalue weighted by molar-refractivity contribution is -0.129. The summed E-state index contributed by atoms with van der Waals surface area (Å²) in [5.74, 6) is 0.825. The molecule has 118 valence electrons. The minimum Gasteiger partial charge on any atom is -0.451 e. The highest BCUT2D eigenvalue weighted by atomic mass is 127. The molecule has 3 nitrogen and oxygen atoms in total. The zero-order chi connectivity index (χ0) is 15.8. The van der Waals surface area contributed by atoms with Crippen LogP contribution in [-0.4, -0.2) is 16.8 Å². The highest BCUT2D eigenvalue weighted by Gasteiger charge is 2.39. The first kappa shape index (κ1) is 15.0. The third-order valence-electron chi connectivity index (χ3n) is 4.62. The summed E-state index contributed by atoms with van der Waals surface area (Å²) in [6, 6.07) is 12.9. The van der Waals surface area contributed by atoms with Crippen molar-refractivity contribution in [1.29, 1.82) is 0 Å². The molecule has 23 heavy (non-hydrogen) atoms. The molecule has 4 heteroatoms. The summed E-state index contributed by atoms with van der Waals surface area (Å²) in [4.78, 5) is 14.9. The monoisotopic (exact) mass is 419 g/mol. The number of carbonyl (C=O) groups excluding carboxylic acids is 1. The van der Waals surface area contributed by atoms with Crippen LogP contribution in [0.15, 0.2) is 46.9 Å². The molecule has 1 amide bonds. The van der Waals surface area contributed by atoms with Gasteiger partial charge in [-0.05, 0) is 77.6 Å². The van der Waals surface area contributed by atoms with Gasteiger partial charge in [0, 0.05) is 12.1 Å². The van der Waals surface area contributed by atoms with Gasteiger partial charge >= 0.3 is 0 Å². The lowest BCUT2D eigenvalue weighted by Gasteiger charge is -2.29. The third kappa shape index (κ3) is 3.09. The Balaban J connectivity index is 1.57. The minimum atomic E-state index is 0.0978. The first-order chi connectivity index (χ1) is 11.2. The van der Waals surface area contributed by atoms with Gasteiger partial charge in [-0.15, -0.1) is 0 Å². The topological polar surface area (TPSA) is 33.5 Å². The second-order valence-corrected chi connectivity index (χ2v) is 7.27. The molecule has 2 aromatic rings. The van der Waals surface area contributed by atoms with E-state index in [4.69, 9.17) is 4.42 Å². The van der Waals surface area contributed by atoms with E-state index in [9.17, 15) is 4.79 Å². The molecule has 2 aliphatic carbocycles. The Morgan fingerprint density at radius 2 is 2.00 bits per heavy atom. The van der Waals surface area contributed by atoms with Crippen molar-refractivity contribution < 1.29 is 9.21 Å².